The number of para-hydroxylation sites is 1. The number of furan rings is 1. The molecule has 3 aromatic carbocycles. The maximum Gasteiger partial charge on any atom is 0.262 e. The van der Waals surface area contributed by atoms with E-state index in [1.54, 1.807) is 35.4 Å². The summed E-state index contributed by atoms with van der Waals surface area (Å²) in [6, 6.07) is 29.1. The number of hydrogen-bond acceptors (Lipinski definition) is 5. The molecule has 2 N–H and O–H groups in total. The van der Waals surface area contributed by atoms with Crippen molar-refractivity contribution >= 4 is 27.7 Å². The largest absolute Gasteiger partial charge is 0.468 e. The summed E-state index contributed by atoms with van der Waals surface area (Å²) in [5.74, 6) is 0.220. The van der Waals surface area contributed by atoms with E-state index < -0.39 is 10.0 Å². The van der Waals surface area contributed by atoms with Gasteiger partial charge in [0.25, 0.3) is 5.91 Å². The molecule has 178 valence electrons. The molecule has 1 amide bonds. The Morgan fingerprint density at radius 3 is 2.20 bits per heavy atom. The van der Waals surface area contributed by atoms with E-state index in [9.17, 15) is 13.2 Å². The van der Waals surface area contributed by atoms with Crippen molar-refractivity contribution in [1.29, 1.82) is 0 Å². The third-order valence-electron chi connectivity index (χ3n) is 5.13. The molecule has 0 fully saturated rings. The second-order valence-electron chi connectivity index (χ2n) is 7.69. The van der Waals surface area contributed by atoms with Gasteiger partial charge in [0, 0.05) is 6.08 Å². The van der Waals surface area contributed by atoms with Gasteiger partial charge in [0.2, 0.25) is 10.0 Å². The number of hydrogen-bond donors (Lipinski definition) is 2. The van der Waals surface area contributed by atoms with Gasteiger partial charge in [-0.3, -0.25) is 15.2 Å². The maximum atomic E-state index is 12.7. The molecule has 0 unspecified atom stereocenters. The number of benzene rings is 3. The average Bonchev–Trinajstić information content (AvgIpc) is 3.41. The van der Waals surface area contributed by atoms with Gasteiger partial charge < -0.3 is 4.42 Å². The van der Waals surface area contributed by atoms with Gasteiger partial charge in [-0.2, -0.15) is 0 Å². The number of nitrogens with one attached hydrogen (secondary N) is 2. The van der Waals surface area contributed by atoms with Crippen LogP contribution < -0.4 is 15.2 Å². The Hall–Kier alpha value is -4.14. The minimum atomic E-state index is -3.68. The van der Waals surface area contributed by atoms with Gasteiger partial charge in [-0.1, -0.05) is 60.7 Å². The highest BCUT2D eigenvalue weighted by atomic mass is 32.2. The highest BCUT2D eigenvalue weighted by Gasteiger charge is 2.14. The standard InChI is InChI=1S/C27H25N3O4S/c31-27(29-30(24-10-5-2-6-11-24)21-23-8-3-1-4-9-23)18-15-22-13-16-26(17-14-22)35(32,33)28-20-25-12-7-19-34-25/h1-19,28H,20-21H2,(H,29,31)/b18-15+. The molecule has 0 aliphatic rings. The lowest BCUT2D eigenvalue weighted by atomic mass is 10.2. The fourth-order valence-electron chi connectivity index (χ4n) is 3.33. The van der Waals surface area contributed by atoms with Crippen molar-refractivity contribution in [3.8, 4) is 0 Å². The Bertz CT molecular complexity index is 1350. The van der Waals surface area contributed by atoms with E-state index in [4.69, 9.17) is 4.42 Å². The van der Waals surface area contributed by atoms with Gasteiger partial charge in [-0.05, 0) is 53.6 Å². The van der Waals surface area contributed by atoms with Crippen molar-refractivity contribution in [2.45, 2.75) is 18.0 Å². The molecular weight excluding hydrogens is 462 g/mol. The molecule has 0 aliphatic carbocycles. The number of hydrazine groups is 1. The van der Waals surface area contributed by atoms with Crippen LogP contribution >= 0.6 is 0 Å². The molecule has 4 aromatic rings. The molecule has 35 heavy (non-hydrogen) atoms. The molecule has 8 heteroatoms. The van der Waals surface area contributed by atoms with E-state index in [1.807, 2.05) is 60.7 Å². The Kier molecular flexibility index (Phi) is 7.77. The van der Waals surface area contributed by atoms with Crippen LogP contribution in [0.5, 0.6) is 0 Å². The molecule has 0 bridgehead atoms. The first-order valence-corrected chi connectivity index (χ1v) is 12.5. The normalized spacial score (nSPS) is 11.4. The van der Waals surface area contributed by atoms with E-state index >= 15 is 0 Å². The quantitative estimate of drug-likeness (QED) is 0.254. The highest BCUT2D eigenvalue weighted by molar-refractivity contribution is 7.89. The second kappa shape index (κ2) is 11.3. The van der Waals surface area contributed by atoms with Crippen molar-refractivity contribution in [3.63, 3.8) is 0 Å². The zero-order valence-corrected chi connectivity index (χ0v) is 19.7. The Balaban J connectivity index is 1.39. The van der Waals surface area contributed by atoms with Gasteiger partial charge in [0.1, 0.15) is 5.76 Å². The van der Waals surface area contributed by atoms with Gasteiger partial charge in [0.15, 0.2) is 0 Å². The summed E-state index contributed by atoms with van der Waals surface area (Å²) < 4.78 is 32.6. The fourth-order valence-corrected chi connectivity index (χ4v) is 4.33. The van der Waals surface area contributed by atoms with Crippen molar-refractivity contribution < 1.29 is 17.6 Å². The first-order chi connectivity index (χ1) is 17.0. The third kappa shape index (κ3) is 6.92. The molecule has 0 atom stereocenters. The lowest BCUT2D eigenvalue weighted by Crippen LogP contribution is -2.41. The molecule has 1 aromatic heterocycles. The Labute approximate surface area is 204 Å². The zero-order valence-electron chi connectivity index (χ0n) is 18.9. The third-order valence-corrected chi connectivity index (χ3v) is 6.55. The van der Waals surface area contributed by atoms with E-state index in [0.29, 0.717) is 17.9 Å². The monoisotopic (exact) mass is 487 g/mol. The molecule has 4 rings (SSSR count). The number of sulfonamides is 1. The number of carbonyl (C=O) groups excluding carboxylic acids is 1. The van der Waals surface area contributed by atoms with Gasteiger partial charge in [-0.25, -0.2) is 13.1 Å². The number of amides is 1. The lowest BCUT2D eigenvalue weighted by Gasteiger charge is -2.25. The van der Waals surface area contributed by atoms with Crippen LogP contribution in [0.3, 0.4) is 0 Å². The summed E-state index contributed by atoms with van der Waals surface area (Å²) in [6.07, 6.45) is 4.54. The predicted molar refractivity (Wildman–Crippen MR) is 135 cm³/mol. The Morgan fingerprint density at radius 1 is 0.857 bits per heavy atom. The summed E-state index contributed by atoms with van der Waals surface area (Å²) >= 11 is 0. The van der Waals surface area contributed by atoms with Crippen molar-refractivity contribution in [2.24, 2.45) is 0 Å². The zero-order chi connectivity index (χ0) is 24.5. The highest BCUT2D eigenvalue weighted by Crippen LogP contribution is 2.15. The second-order valence-corrected chi connectivity index (χ2v) is 9.46. The van der Waals surface area contributed by atoms with Crippen LogP contribution in [-0.2, 0) is 27.9 Å². The van der Waals surface area contributed by atoms with Crippen LogP contribution in [0.25, 0.3) is 6.08 Å². The maximum absolute atomic E-state index is 12.7. The molecule has 7 nitrogen and oxygen atoms in total. The summed E-state index contributed by atoms with van der Waals surface area (Å²) in [4.78, 5) is 12.8. The van der Waals surface area contributed by atoms with E-state index in [0.717, 1.165) is 11.3 Å². The minimum Gasteiger partial charge on any atom is -0.468 e. The molecule has 0 aliphatic heterocycles. The van der Waals surface area contributed by atoms with Crippen molar-refractivity contribution in [1.82, 2.24) is 10.1 Å². The lowest BCUT2D eigenvalue weighted by molar-refractivity contribution is -0.116. The van der Waals surface area contributed by atoms with Crippen LogP contribution in [0.15, 0.2) is 119 Å². The number of anilines is 1. The predicted octanol–water partition coefficient (Wildman–Crippen LogP) is 4.51. The first kappa shape index (κ1) is 24.0. The summed E-state index contributed by atoms with van der Waals surface area (Å²) in [6.45, 7) is 0.569. The summed E-state index contributed by atoms with van der Waals surface area (Å²) in [5.41, 5.74) is 5.51. The number of nitrogens with zero attached hydrogens (tertiary/aromatic N) is 1. The first-order valence-electron chi connectivity index (χ1n) is 11.0. The topological polar surface area (TPSA) is 91.6 Å². The van der Waals surface area contributed by atoms with Crippen molar-refractivity contribution in [2.75, 3.05) is 5.01 Å². The minimum absolute atomic E-state index is 0.0675. The molecule has 0 spiro atoms. The van der Waals surface area contributed by atoms with Crippen molar-refractivity contribution in [3.05, 3.63) is 126 Å². The molecular formula is C27H25N3O4S. The average molecular weight is 488 g/mol. The smallest absolute Gasteiger partial charge is 0.262 e. The molecule has 0 saturated heterocycles. The van der Waals surface area contributed by atoms with E-state index in [2.05, 4.69) is 10.1 Å². The van der Waals surface area contributed by atoms with Crippen LogP contribution in [0.1, 0.15) is 16.9 Å². The van der Waals surface area contributed by atoms with Gasteiger partial charge in [0.05, 0.1) is 29.9 Å². The number of carbonyl (C=O) groups is 1. The van der Waals surface area contributed by atoms with Gasteiger partial charge >= 0.3 is 0 Å². The van der Waals surface area contributed by atoms with Crippen LogP contribution in [-0.4, -0.2) is 14.3 Å². The number of rotatable bonds is 10. The molecule has 0 saturated carbocycles. The summed E-state index contributed by atoms with van der Waals surface area (Å²) in [7, 11) is -3.68. The fraction of sp³-hybridized carbons (Fsp3) is 0.0741. The van der Waals surface area contributed by atoms with Crippen LogP contribution in [0, 0.1) is 0 Å². The summed E-state index contributed by atoms with van der Waals surface area (Å²) in [5, 5.41) is 1.78. The van der Waals surface area contributed by atoms with Crippen LogP contribution in [0.2, 0.25) is 0 Å². The molecule has 0 radical (unpaired) electrons. The van der Waals surface area contributed by atoms with Crippen LogP contribution in [0.4, 0.5) is 5.69 Å². The van der Waals surface area contributed by atoms with Gasteiger partial charge in [-0.15, -0.1) is 0 Å². The van der Waals surface area contributed by atoms with E-state index in [-0.39, 0.29) is 17.3 Å². The molecule has 1 heterocycles. The SMILES string of the molecule is O=C(/C=C/c1ccc(S(=O)(=O)NCc2ccco2)cc1)NN(Cc1ccccc1)c1ccccc1. The Morgan fingerprint density at radius 2 is 1.54 bits per heavy atom. The van der Waals surface area contributed by atoms with E-state index in [1.165, 1.54) is 24.5 Å².